The third-order valence-corrected chi connectivity index (χ3v) is 2.52. The van der Waals surface area contributed by atoms with E-state index in [0.717, 1.165) is 5.82 Å². The average molecular weight is 262 g/mol. The molecule has 0 bridgehead atoms. The topological polar surface area (TPSA) is 88.8 Å². The van der Waals surface area contributed by atoms with E-state index in [1.165, 1.54) is 0 Å². The third kappa shape index (κ3) is 3.64. The van der Waals surface area contributed by atoms with E-state index in [0.29, 0.717) is 30.6 Å². The van der Waals surface area contributed by atoms with Gasteiger partial charge in [-0.05, 0) is 6.07 Å². The fraction of sp³-hybridized carbons (Fsp3) is 0.500. The molecule has 0 spiro atoms. The zero-order chi connectivity index (χ0) is 13.7. The molecule has 2 aromatic heterocycles. The molecule has 2 rings (SSSR count). The lowest BCUT2D eigenvalue weighted by Crippen LogP contribution is -2.09. The minimum atomic E-state index is 0.254. The highest BCUT2D eigenvalue weighted by Gasteiger charge is 2.09. The number of hydrogen-bond donors (Lipinski definition) is 2. The van der Waals surface area contributed by atoms with Crippen LogP contribution in [0.5, 0.6) is 0 Å². The molecule has 0 saturated carbocycles. The first kappa shape index (κ1) is 13.3. The van der Waals surface area contributed by atoms with Gasteiger partial charge in [-0.3, -0.25) is 0 Å². The van der Waals surface area contributed by atoms with Crippen LogP contribution in [0.3, 0.4) is 0 Å². The van der Waals surface area contributed by atoms with Crippen LogP contribution in [0.15, 0.2) is 16.8 Å². The summed E-state index contributed by atoms with van der Waals surface area (Å²) in [4.78, 5) is 12.7. The summed E-state index contributed by atoms with van der Waals surface area (Å²) in [6.07, 6.45) is 2.37. The maximum Gasteiger partial charge on any atom is 0.229 e. The van der Waals surface area contributed by atoms with Crippen molar-refractivity contribution in [3.63, 3.8) is 0 Å². The fourth-order valence-corrected chi connectivity index (χ4v) is 1.47. The molecule has 0 fully saturated rings. The first-order valence-electron chi connectivity index (χ1n) is 6.26. The van der Waals surface area contributed by atoms with Crippen molar-refractivity contribution in [1.29, 1.82) is 0 Å². The molecule has 0 aromatic carbocycles. The largest absolute Gasteiger partial charge is 0.373 e. The molecular weight excluding hydrogens is 244 g/mol. The van der Waals surface area contributed by atoms with Crippen LogP contribution in [0.4, 0.5) is 11.8 Å². The number of hydrogen-bond acceptors (Lipinski definition) is 7. The second kappa shape index (κ2) is 6.12. The maximum atomic E-state index is 5.14. The lowest BCUT2D eigenvalue weighted by Gasteiger charge is -2.04. The van der Waals surface area contributed by atoms with Crippen molar-refractivity contribution in [2.24, 2.45) is 0 Å². The molecule has 0 saturated heterocycles. The van der Waals surface area contributed by atoms with Crippen molar-refractivity contribution in [3.8, 4) is 0 Å². The molecule has 0 aliphatic rings. The van der Waals surface area contributed by atoms with Gasteiger partial charge in [0.15, 0.2) is 5.82 Å². The average Bonchev–Trinajstić information content (AvgIpc) is 2.88. The van der Waals surface area contributed by atoms with Crippen LogP contribution >= 0.6 is 0 Å². The molecule has 0 radical (unpaired) electrons. The van der Waals surface area contributed by atoms with Crippen molar-refractivity contribution < 1.29 is 4.52 Å². The van der Waals surface area contributed by atoms with Crippen LogP contribution in [0.1, 0.15) is 31.5 Å². The Morgan fingerprint density at radius 3 is 2.84 bits per heavy atom. The fourth-order valence-electron chi connectivity index (χ4n) is 1.47. The summed E-state index contributed by atoms with van der Waals surface area (Å²) in [5.41, 5.74) is 0. The van der Waals surface area contributed by atoms with E-state index in [2.05, 4.69) is 30.7 Å². The molecule has 102 valence electrons. The van der Waals surface area contributed by atoms with Gasteiger partial charge in [0.25, 0.3) is 0 Å². The summed E-state index contributed by atoms with van der Waals surface area (Å²) < 4.78 is 5.14. The van der Waals surface area contributed by atoms with Crippen LogP contribution in [-0.2, 0) is 6.42 Å². The third-order valence-electron chi connectivity index (χ3n) is 2.52. The molecule has 0 atom stereocenters. The molecule has 2 heterocycles. The summed E-state index contributed by atoms with van der Waals surface area (Å²) in [7, 11) is 1.82. The number of rotatable bonds is 6. The van der Waals surface area contributed by atoms with E-state index in [1.807, 2.05) is 20.9 Å². The highest BCUT2D eigenvalue weighted by Crippen LogP contribution is 2.11. The number of nitrogens with one attached hydrogen (secondary N) is 2. The SMILES string of the molecule is CNc1ccnc(NCCc2noc(C(C)C)n2)n1. The molecule has 2 aromatic rings. The van der Waals surface area contributed by atoms with Crippen LogP contribution in [0.2, 0.25) is 0 Å². The maximum absolute atomic E-state index is 5.14. The Labute approximate surface area is 111 Å². The van der Waals surface area contributed by atoms with E-state index in [-0.39, 0.29) is 5.92 Å². The second-order valence-corrected chi connectivity index (χ2v) is 4.40. The predicted molar refractivity (Wildman–Crippen MR) is 72.2 cm³/mol. The standard InChI is InChI=1S/C12H18N6O/c1-8(2)11-16-10(18-19-11)5-7-15-12-14-6-4-9(13-3)17-12/h4,6,8H,5,7H2,1-3H3,(H2,13,14,15,17). The molecule has 0 aliphatic carbocycles. The van der Waals surface area contributed by atoms with Crippen LogP contribution in [-0.4, -0.2) is 33.7 Å². The summed E-state index contributed by atoms with van der Waals surface area (Å²) in [5, 5.41) is 10.0. The Morgan fingerprint density at radius 2 is 2.16 bits per heavy atom. The summed E-state index contributed by atoms with van der Waals surface area (Å²) in [5.74, 6) is 2.98. The second-order valence-electron chi connectivity index (χ2n) is 4.40. The molecule has 19 heavy (non-hydrogen) atoms. The first-order chi connectivity index (χ1) is 9.19. The first-order valence-corrected chi connectivity index (χ1v) is 6.26. The Balaban J connectivity index is 1.85. The van der Waals surface area contributed by atoms with Gasteiger partial charge in [0.1, 0.15) is 5.82 Å². The van der Waals surface area contributed by atoms with Gasteiger partial charge in [-0.1, -0.05) is 19.0 Å². The highest BCUT2D eigenvalue weighted by atomic mass is 16.5. The van der Waals surface area contributed by atoms with Crippen LogP contribution in [0.25, 0.3) is 0 Å². The molecular formula is C12H18N6O. The molecule has 2 N–H and O–H groups in total. The van der Waals surface area contributed by atoms with E-state index >= 15 is 0 Å². The van der Waals surface area contributed by atoms with Gasteiger partial charge in [-0.15, -0.1) is 0 Å². The Bertz CT molecular complexity index is 524. The lowest BCUT2D eigenvalue weighted by atomic mass is 10.2. The minimum Gasteiger partial charge on any atom is -0.373 e. The van der Waals surface area contributed by atoms with Gasteiger partial charge >= 0.3 is 0 Å². The van der Waals surface area contributed by atoms with Gasteiger partial charge in [-0.2, -0.15) is 9.97 Å². The highest BCUT2D eigenvalue weighted by molar-refractivity contribution is 5.38. The monoisotopic (exact) mass is 262 g/mol. The van der Waals surface area contributed by atoms with E-state index in [4.69, 9.17) is 4.52 Å². The van der Waals surface area contributed by atoms with E-state index < -0.39 is 0 Å². The zero-order valence-electron chi connectivity index (χ0n) is 11.3. The Morgan fingerprint density at radius 1 is 1.32 bits per heavy atom. The molecule has 0 amide bonds. The minimum absolute atomic E-state index is 0.254. The normalized spacial score (nSPS) is 10.7. The van der Waals surface area contributed by atoms with Gasteiger partial charge in [0.05, 0.1) is 0 Å². The summed E-state index contributed by atoms with van der Waals surface area (Å²) in [6, 6.07) is 1.80. The summed E-state index contributed by atoms with van der Waals surface area (Å²) >= 11 is 0. The molecule has 0 unspecified atom stereocenters. The van der Waals surface area contributed by atoms with Crippen molar-refractivity contribution in [1.82, 2.24) is 20.1 Å². The summed E-state index contributed by atoms with van der Waals surface area (Å²) in [6.45, 7) is 4.70. The van der Waals surface area contributed by atoms with Crippen LogP contribution < -0.4 is 10.6 Å². The molecule has 7 nitrogen and oxygen atoms in total. The van der Waals surface area contributed by atoms with Crippen molar-refractivity contribution in [2.75, 3.05) is 24.2 Å². The number of aromatic nitrogens is 4. The Kier molecular flexibility index (Phi) is 4.27. The smallest absolute Gasteiger partial charge is 0.229 e. The molecule has 0 aliphatic heterocycles. The van der Waals surface area contributed by atoms with Crippen molar-refractivity contribution in [2.45, 2.75) is 26.2 Å². The van der Waals surface area contributed by atoms with Gasteiger partial charge < -0.3 is 15.2 Å². The molecule has 7 heteroatoms. The number of nitrogens with zero attached hydrogens (tertiary/aromatic N) is 4. The van der Waals surface area contributed by atoms with Crippen molar-refractivity contribution >= 4 is 11.8 Å². The van der Waals surface area contributed by atoms with Gasteiger partial charge in [0.2, 0.25) is 11.8 Å². The predicted octanol–water partition coefficient (Wildman–Crippen LogP) is 1.68. The zero-order valence-corrected chi connectivity index (χ0v) is 11.3. The van der Waals surface area contributed by atoms with Crippen molar-refractivity contribution in [3.05, 3.63) is 24.0 Å². The van der Waals surface area contributed by atoms with E-state index in [1.54, 1.807) is 12.3 Å². The van der Waals surface area contributed by atoms with E-state index in [9.17, 15) is 0 Å². The number of anilines is 2. The van der Waals surface area contributed by atoms with Gasteiger partial charge in [-0.25, -0.2) is 4.98 Å². The van der Waals surface area contributed by atoms with Crippen LogP contribution in [0, 0.1) is 0 Å². The lowest BCUT2D eigenvalue weighted by molar-refractivity contribution is 0.361. The Hall–Kier alpha value is -2.18. The quantitative estimate of drug-likeness (QED) is 0.818. The van der Waals surface area contributed by atoms with Gasteiger partial charge in [0, 0.05) is 32.1 Å².